The molecular weight excluding hydrogens is 208 g/mol. The predicted molar refractivity (Wildman–Crippen MR) is 70.9 cm³/mol. The summed E-state index contributed by atoms with van der Waals surface area (Å²) in [6.45, 7) is 2.97. The van der Waals surface area contributed by atoms with Gasteiger partial charge in [0.15, 0.2) is 0 Å². The number of hydrogen-bond acceptors (Lipinski definition) is 2. The second kappa shape index (κ2) is 5.54. The second-order valence-electron chi connectivity index (χ2n) is 4.59. The van der Waals surface area contributed by atoms with Gasteiger partial charge in [-0.1, -0.05) is 17.7 Å². The largest absolute Gasteiger partial charge is 0.384 e. The molecule has 0 unspecified atom stereocenters. The van der Waals surface area contributed by atoms with Crippen molar-refractivity contribution < 1.29 is 0 Å². The Hall–Kier alpha value is -1.75. The Kier molecular flexibility index (Phi) is 3.82. The maximum atomic E-state index is 9.02. The van der Waals surface area contributed by atoms with Crippen LogP contribution >= 0.6 is 0 Å². The molecule has 2 rings (SSSR count). The first kappa shape index (κ1) is 11.7. The fourth-order valence-corrected chi connectivity index (χ4v) is 2.22. The van der Waals surface area contributed by atoms with Crippen LogP contribution in [-0.2, 0) is 0 Å². The van der Waals surface area contributed by atoms with Gasteiger partial charge >= 0.3 is 0 Å². The normalized spacial score (nSPS) is 14.2. The second-order valence-corrected chi connectivity index (χ2v) is 4.59. The van der Waals surface area contributed by atoms with Crippen molar-refractivity contribution >= 4 is 5.69 Å². The zero-order valence-corrected chi connectivity index (χ0v) is 10.3. The van der Waals surface area contributed by atoms with Crippen LogP contribution in [0.1, 0.15) is 36.8 Å². The molecule has 1 aromatic carbocycles. The van der Waals surface area contributed by atoms with E-state index in [-0.39, 0.29) is 0 Å². The molecule has 0 fully saturated rings. The SMILES string of the molecule is Cc1ccc(C#N)c(NCCC2=CCCC2)c1. The first-order valence-corrected chi connectivity index (χ1v) is 6.22. The van der Waals surface area contributed by atoms with E-state index in [2.05, 4.69) is 17.5 Å². The standard InChI is InChI=1S/C15H18N2/c1-12-6-7-14(11-16)15(10-12)17-9-8-13-4-2-3-5-13/h4,6-7,10,17H,2-3,5,8-9H2,1H3. The molecule has 0 saturated carbocycles. The van der Waals surface area contributed by atoms with E-state index < -0.39 is 0 Å². The number of nitrogens with zero attached hydrogens (tertiary/aromatic N) is 1. The van der Waals surface area contributed by atoms with E-state index in [1.54, 1.807) is 5.57 Å². The molecule has 0 saturated heterocycles. The summed E-state index contributed by atoms with van der Waals surface area (Å²) in [7, 11) is 0. The summed E-state index contributed by atoms with van der Waals surface area (Å²) in [5.74, 6) is 0. The van der Waals surface area contributed by atoms with Crippen molar-refractivity contribution in [3.05, 3.63) is 41.0 Å². The molecule has 88 valence electrons. The fourth-order valence-electron chi connectivity index (χ4n) is 2.22. The number of nitriles is 1. The van der Waals surface area contributed by atoms with Gasteiger partial charge < -0.3 is 5.32 Å². The highest BCUT2D eigenvalue weighted by molar-refractivity contribution is 5.58. The van der Waals surface area contributed by atoms with Gasteiger partial charge in [0.2, 0.25) is 0 Å². The van der Waals surface area contributed by atoms with E-state index >= 15 is 0 Å². The number of anilines is 1. The lowest BCUT2D eigenvalue weighted by molar-refractivity contribution is 0.863. The molecule has 0 heterocycles. The summed E-state index contributed by atoms with van der Waals surface area (Å²) in [6.07, 6.45) is 7.25. The molecule has 0 bridgehead atoms. The third kappa shape index (κ3) is 3.10. The Balaban J connectivity index is 1.94. The Labute approximate surface area is 103 Å². The van der Waals surface area contributed by atoms with Crippen LogP contribution in [0.5, 0.6) is 0 Å². The highest BCUT2D eigenvalue weighted by Crippen LogP contribution is 2.21. The monoisotopic (exact) mass is 226 g/mol. The van der Waals surface area contributed by atoms with E-state index in [0.29, 0.717) is 0 Å². The molecule has 1 aliphatic rings. The summed E-state index contributed by atoms with van der Waals surface area (Å²) < 4.78 is 0. The number of allylic oxidation sites excluding steroid dienone is 1. The van der Waals surface area contributed by atoms with Crippen LogP contribution in [0.15, 0.2) is 29.8 Å². The van der Waals surface area contributed by atoms with Crippen molar-refractivity contribution in [2.45, 2.75) is 32.6 Å². The molecule has 0 amide bonds. The van der Waals surface area contributed by atoms with Gasteiger partial charge in [0, 0.05) is 6.54 Å². The zero-order valence-electron chi connectivity index (χ0n) is 10.3. The van der Waals surface area contributed by atoms with Gasteiger partial charge in [0.25, 0.3) is 0 Å². The van der Waals surface area contributed by atoms with Gasteiger partial charge in [0.05, 0.1) is 11.3 Å². The average molecular weight is 226 g/mol. The third-order valence-electron chi connectivity index (χ3n) is 3.19. The summed E-state index contributed by atoms with van der Waals surface area (Å²) in [6, 6.07) is 8.12. The average Bonchev–Trinajstić information content (AvgIpc) is 2.82. The van der Waals surface area contributed by atoms with Gasteiger partial charge in [-0.15, -0.1) is 0 Å². The van der Waals surface area contributed by atoms with Crippen molar-refractivity contribution in [1.82, 2.24) is 0 Å². The van der Waals surface area contributed by atoms with Gasteiger partial charge in [0.1, 0.15) is 6.07 Å². The van der Waals surface area contributed by atoms with Crippen molar-refractivity contribution in [2.24, 2.45) is 0 Å². The molecule has 0 aromatic heterocycles. The smallest absolute Gasteiger partial charge is 0.101 e. The van der Waals surface area contributed by atoms with Crippen LogP contribution in [0, 0.1) is 18.3 Å². The number of hydrogen-bond donors (Lipinski definition) is 1. The lowest BCUT2D eigenvalue weighted by Gasteiger charge is -2.09. The zero-order chi connectivity index (χ0) is 12.1. The molecule has 0 spiro atoms. The van der Waals surface area contributed by atoms with E-state index in [1.165, 1.54) is 24.8 Å². The van der Waals surface area contributed by atoms with Crippen molar-refractivity contribution in [3.8, 4) is 6.07 Å². The van der Waals surface area contributed by atoms with Gasteiger partial charge in [-0.2, -0.15) is 5.26 Å². The molecule has 1 aliphatic carbocycles. The topological polar surface area (TPSA) is 35.8 Å². The Morgan fingerprint density at radius 1 is 1.41 bits per heavy atom. The van der Waals surface area contributed by atoms with E-state index in [0.717, 1.165) is 24.2 Å². The molecular formula is C15H18N2. The summed E-state index contributed by atoms with van der Waals surface area (Å²) in [5, 5.41) is 12.4. The van der Waals surface area contributed by atoms with Gasteiger partial charge in [-0.25, -0.2) is 0 Å². The molecule has 0 aliphatic heterocycles. The van der Waals surface area contributed by atoms with E-state index in [4.69, 9.17) is 5.26 Å². The first-order chi connectivity index (χ1) is 8.29. The van der Waals surface area contributed by atoms with Crippen LogP contribution in [0.4, 0.5) is 5.69 Å². The molecule has 2 nitrogen and oxygen atoms in total. The molecule has 0 radical (unpaired) electrons. The maximum Gasteiger partial charge on any atom is 0.101 e. The molecule has 1 N–H and O–H groups in total. The predicted octanol–water partition coefficient (Wildman–Crippen LogP) is 3.78. The van der Waals surface area contributed by atoms with Crippen LogP contribution in [0.3, 0.4) is 0 Å². The Morgan fingerprint density at radius 3 is 3.00 bits per heavy atom. The van der Waals surface area contributed by atoms with E-state index in [1.807, 2.05) is 25.1 Å². The molecule has 1 aromatic rings. The molecule has 17 heavy (non-hydrogen) atoms. The van der Waals surface area contributed by atoms with Gasteiger partial charge in [-0.3, -0.25) is 0 Å². The lowest BCUT2D eigenvalue weighted by atomic mass is 10.1. The molecule has 0 atom stereocenters. The van der Waals surface area contributed by atoms with Crippen molar-refractivity contribution in [2.75, 3.05) is 11.9 Å². The minimum atomic E-state index is 0.732. The van der Waals surface area contributed by atoms with Crippen LogP contribution in [0.25, 0.3) is 0 Å². The highest BCUT2D eigenvalue weighted by Gasteiger charge is 2.05. The summed E-state index contributed by atoms with van der Waals surface area (Å²) in [4.78, 5) is 0. The maximum absolute atomic E-state index is 9.02. The summed E-state index contributed by atoms with van der Waals surface area (Å²) >= 11 is 0. The highest BCUT2D eigenvalue weighted by atomic mass is 14.9. The van der Waals surface area contributed by atoms with Gasteiger partial charge in [-0.05, 0) is 50.3 Å². The van der Waals surface area contributed by atoms with Crippen LogP contribution < -0.4 is 5.32 Å². The number of aryl methyl sites for hydroxylation is 1. The number of rotatable bonds is 4. The van der Waals surface area contributed by atoms with E-state index in [9.17, 15) is 0 Å². The quantitative estimate of drug-likeness (QED) is 0.793. The van der Waals surface area contributed by atoms with Crippen molar-refractivity contribution in [3.63, 3.8) is 0 Å². The minimum Gasteiger partial charge on any atom is -0.384 e. The Bertz CT molecular complexity index is 466. The lowest BCUT2D eigenvalue weighted by Crippen LogP contribution is -2.04. The van der Waals surface area contributed by atoms with Crippen molar-refractivity contribution in [1.29, 1.82) is 5.26 Å². The minimum absolute atomic E-state index is 0.732. The Morgan fingerprint density at radius 2 is 2.29 bits per heavy atom. The van der Waals surface area contributed by atoms with Crippen LogP contribution in [-0.4, -0.2) is 6.54 Å². The first-order valence-electron chi connectivity index (χ1n) is 6.22. The molecule has 2 heteroatoms. The number of nitrogens with one attached hydrogen (secondary N) is 1. The van der Waals surface area contributed by atoms with Crippen LogP contribution in [0.2, 0.25) is 0 Å². The summed E-state index contributed by atoms with van der Waals surface area (Å²) in [5.41, 5.74) is 4.44. The number of benzene rings is 1. The third-order valence-corrected chi connectivity index (χ3v) is 3.19. The fraction of sp³-hybridized carbons (Fsp3) is 0.400.